The third kappa shape index (κ3) is 1.67. The molecule has 1 saturated heterocycles. The van der Waals surface area contributed by atoms with Gasteiger partial charge in [0.15, 0.2) is 5.67 Å². The number of hydrogen-bond acceptors (Lipinski definition) is 2. The van der Waals surface area contributed by atoms with E-state index in [2.05, 4.69) is 0 Å². The van der Waals surface area contributed by atoms with Crippen LogP contribution in [0.5, 0.6) is 0 Å². The highest BCUT2D eigenvalue weighted by molar-refractivity contribution is 4.88. The van der Waals surface area contributed by atoms with Crippen LogP contribution in [0.2, 0.25) is 0 Å². The van der Waals surface area contributed by atoms with E-state index in [0.29, 0.717) is 6.54 Å². The maximum Gasteiger partial charge on any atom is 0.169 e. The summed E-state index contributed by atoms with van der Waals surface area (Å²) in [5.74, 6) is 0. The molecule has 0 spiro atoms. The molecule has 10 heavy (non-hydrogen) atoms. The molecular weight excluding hydrogens is 133 g/mol. The Morgan fingerprint density at radius 2 is 2.20 bits per heavy atom. The molecule has 0 aliphatic carbocycles. The van der Waals surface area contributed by atoms with Crippen LogP contribution >= 0.6 is 0 Å². The summed E-state index contributed by atoms with van der Waals surface area (Å²) in [4.78, 5) is 1.96. The second kappa shape index (κ2) is 2.84. The van der Waals surface area contributed by atoms with Crippen LogP contribution in [-0.2, 0) is 4.74 Å². The van der Waals surface area contributed by atoms with Gasteiger partial charge in [0.2, 0.25) is 0 Å². The molecule has 1 fully saturated rings. The molecule has 0 aromatic heterocycles. The van der Waals surface area contributed by atoms with Gasteiger partial charge in [0.05, 0.1) is 13.2 Å². The largest absolute Gasteiger partial charge is 0.375 e. The minimum absolute atomic E-state index is 0.275. The number of hydrogen-bond donors (Lipinski definition) is 0. The summed E-state index contributed by atoms with van der Waals surface area (Å²) >= 11 is 0. The zero-order valence-electron chi connectivity index (χ0n) is 6.56. The van der Waals surface area contributed by atoms with Crippen LogP contribution in [0.25, 0.3) is 0 Å². The molecule has 60 valence electrons. The first-order chi connectivity index (χ1) is 4.66. The summed E-state index contributed by atoms with van der Waals surface area (Å²) in [5, 5.41) is 0. The minimum Gasteiger partial charge on any atom is -0.375 e. The van der Waals surface area contributed by atoms with Crippen LogP contribution < -0.4 is 0 Å². The Morgan fingerprint density at radius 3 is 2.50 bits per heavy atom. The van der Waals surface area contributed by atoms with Crippen LogP contribution in [0.4, 0.5) is 4.39 Å². The maximum absolute atomic E-state index is 13.2. The molecule has 2 nitrogen and oxygen atoms in total. The van der Waals surface area contributed by atoms with E-state index in [1.54, 1.807) is 0 Å². The summed E-state index contributed by atoms with van der Waals surface area (Å²) < 4.78 is 18.0. The van der Waals surface area contributed by atoms with Gasteiger partial charge in [0, 0.05) is 6.54 Å². The van der Waals surface area contributed by atoms with Crippen molar-refractivity contribution < 1.29 is 9.13 Å². The standard InChI is InChI=1S/C7H14FNO/c1-3-9(2)4-7(8)5-10-6-7/h3-6H2,1-2H3. The van der Waals surface area contributed by atoms with Crippen molar-refractivity contribution >= 4 is 0 Å². The smallest absolute Gasteiger partial charge is 0.169 e. The lowest BCUT2D eigenvalue weighted by atomic mass is 10.0. The fourth-order valence-corrected chi connectivity index (χ4v) is 1.01. The molecule has 1 rings (SSSR count). The second-order valence-corrected chi connectivity index (χ2v) is 2.97. The van der Waals surface area contributed by atoms with Gasteiger partial charge >= 0.3 is 0 Å². The Hall–Kier alpha value is -0.150. The molecule has 1 heterocycles. The van der Waals surface area contributed by atoms with Gasteiger partial charge in [-0.3, -0.25) is 0 Å². The molecule has 0 saturated carbocycles. The van der Waals surface area contributed by atoms with Crippen LogP contribution in [-0.4, -0.2) is 43.9 Å². The van der Waals surface area contributed by atoms with Crippen molar-refractivity contribution in [1.29, 1.82) is 0 Å². The van der Waals surface area contributed by atoms with Crippen LogP contribution in [0.1, 0.15) is 6.92 Å². The van der Waals surface area contributed by atoms with E-state index in [4.69, 9.17) is 4.74 Å². The summed E-state index contributed by atoms with van der Waals surface area (Å²) in [6.07, 6.45) is 0. The van der Waals surface area contributed by atoms with E-state index in [9.17, 15) is 4.39 Å². The number of alkyl halides is 1. The van der Waals surface area contributed by atoms with Gasteiger partial charge in [-0.1, -0.05) is 6.92 Å². The lowest BCUT2D eigenvalue weighted by Gasteiger charge is -2.36. The van der Waals surface area contributed by atoms with E-state index in [0.717, 1.165) is 6.54 Å². The fraction of sp³-hybridized carbons (Fsp3) is 1.00. The molecule has 0 amide bonds. The monoisotopic (exact) mass is 147 g/mol. The minimum atomic E-state index is -1.05. The van der Waals surface area contributed by atoms with Gasteiger partial charge in [0.25, 0.3) is 0 Å². The third-order valence-electron chi connectivity index (χ3n) is 1.81. The van der Waals surface area contributed by atoms with Gasteiger partial charge in [-0.15, -0.1) is 0 Å². The average Bonchev–Trinajstić information content (AvgIpc) is 1.84. The topological polar surface area (TPSA) is 12.5 Å². The summed E-state index contributed by atoms with van der Waals surface area (Å²) in [6, 6.07) is 0. The predicted octanol–water partition coefficient (Wildman–Crippen LogP) is 0.677. The zero-order valence-corrected chi connectivity index (χ0v) is 6.56. The number of nitrogens with zero attached hydrogens (tertiary/aromatic N) is 1. The quantitative estimate of drug-likeness (QED) is 0.582. The lowest BCUT2D eigenvalue weighted by Crippen LogP contribution is -2.52. The summed E-state index contributed by atoms with van der Waals surface area (Å²) in [5.41, 5.74) is -1.05. The molecule has 0 unspecified atom stereocenters. The van der Waals surface area contributed by atoms with Gasteiger partial charge in [-0.05, 0) is 13.6 Å². The zero-order chi connectivity index (χ0) is 7.61. The van der Waals surface area contributed by atoms with E-state index in [-0.39, 0.29) is 13.2 Å². The molecule has 0 aromatic rings. The van der Waals surface area contributed by atoms with Gasteiger partial charge in [-0.2, -0.15) is 0 Å². The Bertz CT molecular complexity index is 114. The van der Waals surface area contributed by atoms with Gasteiger partial charge in [-0.25, -0.2) is 4.39 Å². The van der Waals surface area contributed by atoms with E-state index >= 15 is 0 Å². The fourth-order valence-electron chi connectivity index (χ4n) is 1.01. The molecular formula is C7H14FNO. The normalized spacial score (nSPS) is 22.8. The predicted molar refractivity (Wildman–Crippen MR) is 37.8 cm³/mol. The Balaban J connectivity index is 2.22. The maximum atomic E-state index is 13.2. The molecule has 0 atom stereocenters. The highest BCUT2D eigenvalue weighted by atomic mass is 19.1. The SMILES string of the molecule is CCN(C)CC1(F)COC1. The van der Waals surface area contributed by atoms with Crippen molar-refractivity contribution in [2.75, 3.05) is 33.4 Å². The van der Waals surface area contributed by atoms with E-state index < -0.39 is 5.67 Å². The first-order valence-electron chi connectivity index (χ1n) is 3.61. The first kappa shape index (κ1) is 7.95. The Kier molecular flexibility index (Phi) is 2.26. The van der Waals surface area contributed by atoms with Crippen LogP contribution in [0.3, 0.4) is 0 Å². The van der Waals surface area contributed by atoms with Gasteiger partial charge < -0.3 is 9.64 Å². The molecule has 3 heteroatoms. The Morgan fingerprint density at radius 1 is 1.60 bits per heavy atom. The third-order valence-corrected chi connectivity index (χ3v) is 1.81. The molecule has 1 aliphatic heterocycles. The van der Waals surface area contributed by atoms with E-state index in [1.807, 2.05) is 18.9 Å². The van der Waals surface area contributed by atoms with Crippen molar-refractivity contribution in [3.05, 3.63) is 0 Å². The molecule has 0 radical (unpaired) electrons. The number of ether oxygens (including phenoxy) is 1. The highest BCUT2D eigenvalue weighted by Gasteiger charge is 2.39. The Labute approximate surface area is 61.0 Å². The lowest BCUT2D eigenvalue weighted by molar-refractivity contribution is -0.138. The molecule has 0 aromatic carbocycles. The van der Waals surface area contributed by atoms with E-state index in [1.165, 1.54) is 0 Å². The molecule has 1 aliphatic rings. The number of rotatable bonds is 3. The van der Waals surface area contributed by atoms with Crippen molar-refractivity contribution in [1.82, 2.24) is 4.90 Å². The van der Waals surface area contributed by atoms with Crippen molar-refractivity contribution in [3.63, 3.8) is 0 Å². The van der Waals surface area contributed by atoms with Crippen molar-refractivity contribution in [2.45, 2.75) is 12.6 Å². The molecule has 0 bridgehead atoms. The van der Waals surface area contributed by atoms with Crippen molar-refractivity contribution in [3.8, 4) is 0 Å². The molecule has 0 N–H and O–H groups in total. The second-order valence-electron chi connectivity index (χ2n) is 2.97. The number of halogens is 1. The van der Waals surface area contributed by atoms with Crippen molar-refractivity contribution in [2.24, 2.45) is 0 Å². The van der Waals surface area contributed by atoms with Crippen LogP contribution in [0.15, 0.2) is 0 Å². The summed E-state index contributed by atoms with van der Waals surface area (Å²) in [6.45, 7) is 3.97. The first-order valence-corrected chi connectivity index (χ1v) is 3.61. The summed E-state index contributed by atoms with van der Waals surface area (Å²) in [7, 11) is 1.92. The highest BCUT2D eigenvalue weighted by Crippen LogP contribution is 2.22. The van der Waals surface area contributed by atoms with Crippen LogP contribution in [0, 0.1) is 0 Å². The average molecular weight is 147 g/mol. The van der Waals surface area contributed by atoms with Gasteiger partial charge in [0.1, 0.15) is 0 Å².